The van der Waals surface area contributed by atoms with Crippen LogP contribution in [0.25, 0.3) is 0 Å². The van der Waals surface area contributed by atoms with E-state index in [0.29, 0.717) is 0 Å². The fraction of sp³-hybridized carbons (Fsp3) is 0.571. The van der Waals surface area contributed by atoms with E-state index in [1.807, 2.05) is 0 Å². The standard InChI is InChI=1S/C14H20N2/c1-16-6-2-3-13-8-11(4-5-14(13)16)7-12-9-15-10-12/h4-5,8,12,15H,2-3,6-7,9-10H2,1H3. The number of hydrogen-bond acceptors (Lipinski definition) is 2. The molecular weight excluding hydrogens is 196 g/mol. The first kappa shape index (κ1) is 10.2. The van der Waals surface area contributed by atoms with Crippen molar-refractivity contribution in [3.05, 3.63) is 29.3 Å². The van der Waals surface area contributed by atoms with Gasteiger partial charge in [-0.1, -0.05) is 12.1 Å². The molecule has 1 fully saturated rings. The zero-order chi connectivity index (χ0) is 11.0. The highest BCUT2D eigenvalue weighted by molar-refractivity contribution is 5.56. The minimum absolute atomic E-state index is 0.874. The van der Waals surface area contributed by atoms with Gasteiger partial charge in [0.25, 0.3) is 0 Å². The van der Waals surface area contributed by atoms with Crippen molar-refractivity contribution in [3.8, 4) is 0 Å². The summed E-state index contributed by atoms with van der Waals surface area (Å²) in [7, 11) is 2.20. The smallest absolute Gasteiger partial charge is 0.0396 e. The number of fused-ring (bicyclic) bond motifs is 1. The molecule has 0 unspecified atom stereocenters. The molecule has 1 N–H and O–H groups in total. The highest BCUT2D eigenvalue weighted by Crippen LogP contribution is 2.27. The summed E-state index contributed by atoms with van der Waals surface area (Å²) in [6.45, 7) is 3.62. The Bertz CT molecular complexity index is 382. The molecule has 0 radical (unpaired) electrons. The Balaban J connectivity index is 1.80. The van der Waals surface area contributed by atoms with E-state index in [2.05, 4.69) is 35.5 Å². The van der Waals surface area contributed by atoms with Gasteiger partial charge in [-0.15, -0.1) is 0 Å². The number of rotatable bonds is 2. The highest BCUT2D eigenvalue weighted by Gasteiger charge is 2.18. The predicted octanol–water partition coefficient (Wildman–Crippen LogP) is 1.83. The van der Waals surface area contributed by atoms with Crippen LogP contribution in [0.15, 0.2) is 18.2 Å². The van der Waals surface area contributed by atoms with E-state index in [1.165, 1.54) is 50.1 Å². The number of aryl methyl sites for hydroxylation is 1. The molecule has 0 aromatic heterocycles. The fourth-order valence-electron chi connectivity index (χ4n) is 2.79. The molecule has 1 aromatic carbocycles. The van der Waals surface area contributed by atoms with Gasteiger partial charge in [0.1, 0.15) is 0 Å². The molecule has 86 valence electrons. The summed E-state index contributed by atoms with van der Waals surface area (Å²) < 4.78 is 0. The maximum Gasteiger partial charge on any atom is 0.0396 e. The van der Waals surface area contributed by atoms with Crippen LogP contribution in [0.2, 0.25) is 0 Å². The molecule has 2 aliphatic rings. The summed E-state index contributed by atoms with van der Waals surface area (Å²) in [5.74, 6) is 0.874. The summed E-state index contributed by atoms with van der Waals surface area (Å²) in [6, 6.07) is 7.07. The number of benzene rings is 1. The molecule has 0 atom stereocenters. The van der Waals surface area contributed by atoms with Gasteiger partial charge in [0, 0.05) is 19.3 Å². The molecule has 1 aromatic rings. The number of nitrogens with zero attached hydrogens (tertiary/aromatic N) is 1. The van der Waals surface area contributed by atoms with Crippen LogP contribution in [-0.4, -0.2) is 26.7 Å². The Labute approximate surface area is 97.6 Å². The van der Waals surface area contributed by atoms with Crippen molar-refractivity contribution >= 4 is 5.69 Å². The van der Waals surface area contributed by atoms with Crippen molar-refractivity contribution in [2.45, 2.75) is 19.3 Å². The third-order valence-electron chi connectivity index (χ3n) is 3.89. The molecule has 16 heavy (non-hydrogen) atoms. The van der Waals surface area contributed by atoms with Crippen molar-refractivity contribution in [1.29, 1.82) is 0 Å². The number of hydrogen-bond donors (Lipinski definition) is 1. The van der Waals surface area contributed by atoms with Crippen LogP contribution in [-0.2, 0) is 12.8 Å². The molecule has 2 heteroatoms. The fourth-order valence-corrected chi connectivity index (χ4v) is 2.79. The summed E-state index contributed by atoms with van der Waals surface area (Å²) in [4.78, 5) is 2.38. The second-order valence-corrected chi connectivity index (χ2v) is 5.22. The van der Waals surface area contributed by atoms with Crippen LogP contribution in [0.5, 0.6) is 0 Å². The predicted molar refractivity (Wildman–Crippen MR) is 68.1 cm³/mol. The van der Waals surface area contributed by atoms with E-state index in [-0.39, 0.29) is 0 Å². The van der Waals surface area contributed by atoms with Gasteiger partial charge in [-0.25, -0.2) is 0 Å². The lowest BCUT2D eigenvalue weighted by atomic mass is 9.91. The largest absolute Gasteiger partial charge is 0.374 e. The normalized spacial score (nSPS) is 20.4. The quantitative estimate of drug-likeness (QED) is 0.811. The van der Waals surface area contributed by atoms with Crippen molar-refractivity contribution < 1.29 is 0 Å². The Hall–Kier alpha value is -1.02. The monoisotopic (exact) mass is 216 g/mol. The molecule has 0 bridgehead atoms. The molecule has 2 aliphatic heterocycles. The van der Waals surface area contributed by atoms with Crippen LogP contribution in [0.4, 0.5) is 5.69 Å². The summed E-state index contributed by atoms with van der Waals surface area (Å²) in [5.41, 5.74) is 4.53. The Kier molecular flexibility index (Phi) is 2.60. The second-order valence-electron chi connectivity index (χ2n) is 5.22. The van der Waals surface area contributed by atoms with E-state index < -0.39 is 0 Å². The van der Waals surface area contributed by atoms with Crippen LogP contribution < -0.4 is 10.2 Å². The molecule has 3 rings (SSSR count). The van der Waals surface area contributed by atoms with Crippen molar-refractivity contribution in [2.24, 2.45) is 5.92 Å². The van der Waals surface area contributed by atoms with Gasteiger partial charge in [-0.3, -0.25) is 0 Å². The first-order valence-electron chi connectivity index (χ1n) is 6.36. The third kappa shape index (κ3) is 1.82. The van der Waals surface area contributed by atoms with Crippen LogP contribution in [0.3, 0.4) is 0 Å². The first-order chi connectivity index (χ1) is 7.83. The zero-order valence-corrected chi connectivity index (χ0v) is 10.00. The average molecular weight is 216 g/mol. The van der Waals surface area contributed by atoms with Gasteiger partial charge in [0.2, 0.25) is 0 Å². The van der Waals surface area contributed by atoms with E-state index in [1.54, 1.807) is 5.56 Å². The van der Waals surface area contributed by atoms with Crippen molar-refractivity contribution in [1.82, 2.24) is 5.32 Å². The zero-order valence-electron chi connectivity index (χ0n) is 10.00. The van der Waals surface area contributed by atoms with Gasteiger partial charge in [0.15, 0.2) is 0 Å². The van der Waals surface area contributed by atoms with E-state index in [9.17, 15) is 0 Å². The van der Waals surface area contributed by atoms with Crippen molar-refractivity contribution in [3.63, 3.8) is 0 Å². The first-order valence-corrected chi connectivity index (χ1v) is 6.36. The molecule has 0 aliphatic carbocycles. The molecular formula is C14H20N2. The summed E-state index contributed by atoms with van der Waals surface area (Å²) >= 11 is 0. The van der Waals surface area contributed by atoms with Crippen LogP contribution >= 0.6 is 0 Å². The summed E-state index contributed by atoms with van der Waals surface area (Å²) in [6.07, 6.45) is 3.82. The molecule has 0 saturated carbocycles. The molecule has 2 heterocycles. The van der Waals surface area contributed by atoms with Gasteiger partial charge in [-0.05, 0) is 55.5 Å². The third-order valence-corrected chi connectivity index (χ3v) is 3.89. The Morgan fingerprint density at radius 2 is 2.25 bits per heavy atom. The number of nitrogens with one attached hydrogen (secondary N) is 1. The average Bonchev–Trinajstić information content (AvgIpc) is 2.24. The lowest BCUT2D eigenvalue weighted by molar-refractivity contribution is 0.346. The molecule has 2 nitrogen and oxygen atoms in total. The molecule has 0 spiro atoms. The minimum atomic E-state index is 0.874. The number of anilines is 1. The van der Waals surface area contributed by atoms with E-state index in [0.717, 1.165) is 5.92 Å². The van der Waals surface area contributed by atoms with E-state index >= 15 is 0 Å². The maximum absolute atomic E-state index is 3.34. The SMILES string of the molecule is CN1CCCc2cc(CC3CNC3)ccc21. The Morgan fingerprint density at radius 1 is 1.38 bits per heavy atom. The summed E-state index contributed by atoms with van der Waals surface area (Å²) in [5, 5.41) is 3.34. The van der Waals surface area contributed by atoms with Gasteiger partial charge >= 0.3 is 0 Å². The van der Waals surface area contributed by atoms with Crippen LogP contribution in [0.1, 0.15) is 17.5 Å². The lowest BCUT2D eigenvalue weighted by Gasteiger charge is -2.30. The Morgan fingerprint density at radius 3 is 3.00 bits per heavy atom. The van der Waals surface area contributed by atoms with Crippen molar-refractivity contribution in [2.75, 3.05) is 31.6 Å². The molecule has 1 saturated heterocycles. The van der Waals surface area contributed by atoms with Gasteiger partial charge in [-0.2, -0.15) is 0 Å². The van der Waals surface area contributed by atoms with Gasteiger partial charge < -0.3 is 10.2 Å². The second kappa shape index (κ2) is 4.10. The highest BCUT2D eigenvalue weighted by atomic mass is 15.1. The molecule has 0 amide bonds. The van der Waals surface area contributed by atoms with E-state index in [4.69, 9.17) is 0 Å². The lowest BCUT2D eigenvalue weighted by Crippen LogP contribution is -2.43. The maximum atomic E-state index is 3.34. The van der Waals surface area contributed by atoms with Gasteiger partial charge in [0.05, 0.1) is 0 Å². The van der Waals surface area contributed by atoms with Crippen LogP contribution in [0, 0.1) is 5.92 Å². The minimum Gasteiger partial charge on any atom is -0.374 e. The topological polar surface area (TPSA) is 15.3 Å².